The molecule has 4 aromatic rings. The maximum absolute atomic E-state index is 13.2. The SMILES string of the molecule is COc1cc(OC)cc(C(=O)N[C@@H](Cc2ccccc2)C(=O)Nc2nnc(-c3ccc(F)cc3)s2)c1. The second-order valence-corrected chi connectivity index (χ2v) is 8.70. The first-order valence-electron chi connectivity index (χ1n) is 10.9. The predicted molar refractivity (Wildman–Crippen MR) is 135 cm³/mol. The van der Waals surface area contributed by atoms with E-state index in [0.717, 1.165) is 16.9 Å². The lowest BCUT2D eigenvalue weighted by Gasteiger charge is -2.18. The first-order chi connectivity index (χ1) is 17.4. The maximum Gasteiger partial charge on any atom is 0.252 e. The highest BCUT2D eigenvalue weighted by atomic mass is 32.1. The zero-order chi connectivity index (χ0) is 25.5. The Labute approximate surface area is 211 Å². The molecule has 1 heterocycles. The Morgan fingerprint density at radius 3 is 2.25 bits per heavy atom. The number of hydrogen-bond acceptors (Lipinski definition) is 7. The zero-order valence-electron chi connectivity index (χ0n) is 19.5. The summed E-state index contributed by atoms with van der Waals surface area (Å²) in [5.41, 5.74) is 1.83. The average Bonchev–Trinajstić information content (AvgIpc) is 3.37. The second kappa shape index (κ2) is 11.4. The van der Waals surface area contributed by atoms with Crippen molar-refractivity contribution >= 4 is 28.3 Å². The molecule has 0 aliphatic heterocycles. The van der Waals surface area contributed by atoms with E-state index in [0.29, 0.717) is 22.1 Å². The van der Waals surface area contributed by atoms with Gasteiger partial charge in [-0.1, -0.05) is 41.7 Å². The number of aromatic nitrogens is 2. The number of methoxy groups -OCH3 is 2. The molecule has 2 N–H and O–H groups in total. The van der Waals surface area contributed by atoms with Gasteiger partial charge in [-0.15, -0.1) is 10.2 Å². The van der Waals surface area contributed by atoms with Crippen LogP contribution in [0.1, 0.15) is 15.9 Å². The molecule has 0 aliphatic rings. The van der Waals surface area contributed by atoms with Gasteiger partial charge >= 0.3 is 0 Å². The fraction of sp³-hybridized carbons (Fsp3) is 0.154. The highest BCUT2D eigenvalue weighted by molar-refractivity contribution is 7.18. The Hall–Kier alpha value is -4.31. The summed E-state index contributed by atoms with van der Waals surface area (Å²) in [4.78, 5) is 26.3. The number of hydrogen-bond donors (Lipinski definition) is 2. The van der Waals surface area contributed by atoms with Crippen LogP contribution in [0, 0.1) is 5.82 Å². The summed E-state index contributed by atoms with van der Waals surface area (Å²) >= 11 is 1.15. The Bertz CT molecular complexity index is 1320. The smallest absolute Gasteiger partial charge is 0.252 e. The van der Waals surface area contributed by atoms with Crippen LogP contribution in [0.5, 0.6) is 11.5 Å². The molecule has 0 spiro atoms. The lowest BCUT2D eigenvalue weighted by Crippen LogP contribution is -2.45. The summed E-state index contributed by atoms with van der Waals surface area (Å²) in [7, 11) is 2.98. The molecule has 1 atom stereocenters. The highest BCUT2D eigenvalue weighted by Crippen LogP contribution is 2.27. The van der Waals surface area contributed by atoms with Crippen LogP contribution in [-0.4, -0.2) is 42.3 Å². The van der Waals surface area contributed by atoms with Crippen LogP contribution < -0.4 is 20.1 Å². The van der Waals surface area contributed by atoms with Crippen LogP contribution in [0.15, 0.2) is 72.8 Å². The number of rotatable bonds is 9. The summed E-state index contributed by atoms with van der Waals surface area (Å²) in [5, 5.41) is 14.4. The van der Waals surface area contributed by atoms with Gasteiger partial charge in [0.2, 0.25) is 11.0 Å². The first kappa shape index (κ1) is 24.8. The van der Waals surface area contributed by atoms with Crippen molar-refractivity contribution in [2.24, 2.45) is 0 Å². The van der Waals surface area contributed by atoms with E-state index in [2.05, 4.69) is 20.8 Å². The number of halogens is 1. The molecule has 4 rings (SSSR count). The van der Waals surface area contributed by atoms with Crippen molar-refractivity contribution in [3.8, 4) is 22.1 Å². The molecule has 2 amide bonds. The molecule has 0 radical (unpaired) electrons. The number of carbonyl (C=O) groups is 2. The third-order valence-electron chi connectivity index (χ3n) is 5.26. The molecule has 0 fully saturated rings. The molecule has 3 aromatic carbocycles. The first-order valence-corrected chi connectivity index (χ1v) is 11.7. The summed E-state index contributed by atoms with van der Waals surface area (Å²) in [6.45, 7) is 0. The summed E-state index contributed by atoms with van der Waals surface area (Å²) < 4.78 is 23.7. The van der Waals surface area contributed by atoms with E-state index in [1.54, 1.807) is 30.3 Å². The molecule has 0 saturated heterocycles. The van der Waals surface area contributed by atoms with Gasteiger partial charge in [-0.3, -0.25) is 14.9 Å². The molecule has 184 valence electrons. The van der Waals surface area contributed by atoms with Crippen LogP contribution >= 0.6 is 11.3 Å². The van der Waals surface area contributed by atoms with Gasteiger partial charge in [-0.2, -0.15) is 0 Å². The zero-order valence-corrected chi connectivity index (χ0v) is 20.3. The van der Waals surface area contributed by atoms with Gasteiger partial charge in [0.1, 0.15) is 28.4 Å². The number of amides is 2. The molecule has 0 saturated carbocycles. The minimum Gasteiger partial charge on any atom is -0.497 e. The number of nitrogens with one attached hydrogen (secondary N) is 2. The van der Waals surface area contributed by atoms with E-state index < -0.39 is 17.9 Å². The van der Waals surface area contributed by atoms with Crippen molar-refractivity contribution in [1.29, 1.82) is 0 Å². The van der Waals surface area contributed by atoms with Crippen molar-refractivity contribution in [3.63, 3.8) is 0 Å². The van der Waals surface area contributed by atoms with E-state index in [1.165, 1.54) is 26.4 Å². The predicted octanol–water partition coefficient (Wildman–Crippen LogP) is 4.34. The van der Waals surface area contributed by atoms with Gasteiger partial charge < -0.3 is 14.8 Å². The molecule has 0 unspecified atom stereocenters. The molecule has 10 heteroatoms. The lowest BCUT2D eigenvalue weighted by atomic mass is 10.0. The molecule has 0 aliphatic carbocycles. The average molecular weight is 507 g/mol. The van der Waals surface area contributed by atoms with Crippen LogP contribution in [0.4, 0.5) is 9.52 Å². The lowest BCUT2D eigenvalue weighted by molar-refractivity contribution is -0.118. The van der Waals surface area contributed by atoms with Gasteiger partial charge in [0, 0.05) is 23.6 Å². The third kappa shape index (κ3) is 6.22. The topological polar surface area (TPSA) is 102 Å². The highest BCUT2D eigenvalue weighted by Gasteiger charge is 2.24. The van der Waals surface area contributed by atoms with Crippen LogP contribution in [-0.2, 0) is 11.2 Å². The number of carbonyl (C=O) groups excluding carboxylic acids is 2. The van der Waals surface area contributed by atoms with Gasteiger partial charge in [-0.25, -0.2) is 4.39 Å². The number of nitrogens with zero attached hydrogens (tertiary/aromatic N) is 2. The van der Waals surface area contributed by atoms with Crippen molar-refractivity contribution in [2.45, 2.75) is 12.5 Å². The molecular weight excluding hydrogens is 483 g/mol. The number of anilines is 1. The molecule has 36 heavy (non-hydrogen) atoms. The summed E-state index contributed by atoms with van der Waals surface area (Å²) in [6, 6.07) is 19.0. The molecule has 8 nitrogen and oxygen atoms in total. The van der Waals surface area contributed by atoms with Gasteiger partial charge in [-0.05, 0) is 42.0 Å². The largest absolute Gasteiger partial charge is 0.497 e. The van der Waals surface area contributed by atoms with Crippen molar-refractivity contribution in [3.05, 3.63) is 89.7 Å². The van der Waals surface area contributed by atoms with E-state index in [-0.39, 0.29) is 22.9 Å². The second-order valence-electron chi connectivity index (χ2n) is 7.73. The van der Waals surface area contributed by atoms with Crippen LogP contribution in [0.3, 0.4) is 0 Å². The number of ether oxygens (including phenoxy) is 2. The van der Waals surface area contributed by atoms with E-state index in [1.807, 2.05) is 30.3 Å². The normalized spacial score (nSPS) is 11.4. The summed E-state index contributed by atoms with van der Waals surface area (Å²) in [5.74, 6) is -0.377. The Kier molecular flexibility index (Phi) is 7.86. The van der Waals surface area contributed by atoms with E-state index in [4.69, 9.17) is 9.47 Å². The molecular formula is C26H23FN4O4S. The van der Waals surface area contributed by atoms with Gasteiger partial charge in [0.15, 0.2) is 0 Å². The fourth-order valence-corrected chi connectivity index (χ4v) is 4.17. The monoisotopic (exact) mass is 506 g/mol. The minimum absolute atomic E-state index is 0.253. The fourth-order valence-electron chi connectivity index (χ4n) is 3.41. The van der Waals surface area contributed by atoms with Crippen LogP contribution in [0.2, 0.25) is 0 Å². The third-order valence-corrected chi connectivity index (χ3v) is 6.15. The minimum atomic E-state index is -0.907. The van der Waals surface area contributed by atoms with Crippen molar-refractivity contribution in [2.75, 3.05) is 19.5 Å². The van der Waals surface area contributed by atoms with Crippen molar-refractivity contribution < 1.29 is 23.5 Å². The summed E-state index contributed by atoms with van der Waals surface area (Å²) in [6.07, 6.45) is 0.253. The quantitative estimate of drug-likeness (QED) is 0.350. The van der Waals surface area contributed by atoms with Crippen molar-refractivity contribution in [1.82, 2.24) is 15.5 Å². The molecule has 0 bridgehead atoms. The van der Waals surface area contributed by atoms with Gasteiger partial charge in [0.25, 0.3) is 5.91 Å². The number of benzene rings is 3. The maximum atomic E-state index is 13.2. The standard InChI is InChI=1S/C26H23FN4O4S/c1-34-20-13-18(14-21(15-20)35-2)23(32)28-22(12-16-6-4-3-5-7-16)24(33)29-26-31-30-25(36-26)17-8-10-19(27)11-9-17/h3-11,13-15,22H,12H2,1-2H3,(H,28,32)(H,29,31,33)/t22-/m0/s1. The molecule has 1 aromatic heterocycles. The van der Waals surface area contributed by atoms with E-state index >= 15 is 0 Å². The van der Waals surface area contributed by atoms with E-state index in [9.17, 15) is 14.0 Å². The Morgan fingerprint density at radius 2 is 1.61 bits per heavy atom. The Balaban J connectivity index is 1.54. The van der Waals surface area contributed by atoms with Gasteiger partial charge in [0.05, 0.1) is 14.2 Å². The van der Waals surface area contributed by atoms with Crippen LogP contribution in [0.25, 0.3) is 10.6 Å². The Morgan fingerprint density at radius 1 is 0.944 bits per heavy atom.